The number of hydrogen-bond acceptors (Lipinski definition) is 4. The summed E-state index contributed by atoms with van der Waals surface area (Å²) in [5.74, 6) is -1.55. The molecule has 0 unspecified atom stereocenters. The molecular formula is C21H19NO4. The molecule has 5 heteroatoms. The number of Topliss-reactive ketones (excluding diaryl/α,β-unsaturated/α-hetero) is 1. The van der Waals surface area contributed by atoms with Crippen LogP contribution in [0.2, 0.25) is 0 Å². The normalized spacial score (nSPS) is 13.4. The number of benzene rings is 2. The van der Waals surface area contributed by atoms with Gasteiger partial charge >= 0.3 is 5.97 Å². The highest BCUT2D eigenvalue weighted by molar-refractivity contribution is 6.52. The third-order valence-corrected chi connectivity index (χ3v) is 4.23. The minimum Gasteiger partial charge on any atom is -0.466 e. The number of rotatable bonds is 4. The monoisotopic (exact) mass is 349 g/mol. The van der Waals surface area contributed by atoms with Gasteiger partial charge in [-0.1, -0.05) is 35.4 Å². The van der Waals surface area contributed by atoms with Gasteiger partial charge in [-0.2, -0.15) is 0 Å². The fraction of sp³-hybridized carbons (Fsp3) is 0.190. The van der Waals surface area contributed by atoms with Crippen LogP contribution in [0.1, 0.15) is 32.6 Å². The van der Waals surface area contributed by atoms with E-state index < -0.39 is 17.7 Å². The second kappa shape index (κ2) is 6.96. The molecule has 1 amide bonds. The topological polar surface area (TPSA) is 63.7 Å². The number of amides is 1. The molecule has 0 radical (unpaired) electrons. The van der Waals surface area contributed by atoms with Crippen LogP contribution in [0, 0.1) is 13.8 Å². The van der Waals surface area contributed by atoms with Crippen molar-refractivity contribution < 1.29 is 19.1 Å². The maximum atomic E-state index is 12.4. The molecule has 1 aliphatic heterocycles. The minimum atomic E-state index is -0.534. The zero-order valence-corrected chi connectivity index (χ0v) is 14.9. The Balaban J connectivity index is 1.92. The Bertz CT molecular complexity index is 923. The van der Waals surface area contributed by atoms with Gasteiger partial charge in [-0.15, -0.1) is 0 Å². The maximum absolute atomic E-state index is 12.4. The maximum Gasteiger partial charge on any atom is 0.330 e. The molecular weight excluding hydrogens is 330 g/mol. The zero-order chi connectivity index (χ0) is 18.8. The minimum absolute atomic E-state index is 0.345. The van der Waals surface area contributed by atoms with Gasteiger partial charge in [0.1, 0.15) is 0 Å². The van der Waals surface area contributed by atoms with Crippen LogP contribution in [0.25, 0.3) is 6.08 Å². The number of carbonyl (C=O) groups is 3. The van der Waals surface area contributed by atoms with Gasteiger partial charge in [0.15, 0.2) is 0 Å². The van der Waals surface area contributed by atoms with E-state index in [0.717, 1.165) is 16.7 Å². The van der Waals surface area contributed by atoms with Crippen LogP contribution in [0.15, 0.2) is 42.5 Å². The first kappa shape index (κ1) is 17.6. The van der Waals surface area contributed by atoms with E-state index in [1.807, 2.05) is 26.0 Å². The van der Waals surface area contributed by atoms with Crippen molar-refractivity contribution in [2.45, 2.75) is 20.4 Å². The summed E-state index contributed by atoms with van der Waals surface area (Å²) in [6.07, 6.45) is 2.83. The van der Waals surface area contributed by atoms with E-state index in [1.165, 1.54) is 18.1 Å². The van der Waals surface area contributed by atoms with Crippen molar-refractivity contribution in [3.8, 4) is 0 Å². The molecule has 0 atom stereocenters. The van der Waals surface area contributed by atoms with Crippen LogP contribution in [0.4, 0.5) is 5.69 Å². The number of methoxy groups -OCH3 is 1. The van der Waals surface area contributed by atoms with Gasteiger partial charge in [-0.05, 0) is 43.2 Å². The average molecular weight is 349 g/mol. The molecule has 3 rings (SSSR count). The Labute approximate surface area is 151 Å². The number of esters is 1. The Kier molecular flexibility index (Phi) is 4.71. The summed E-state index contributed by atoms with van der Waals surface area (Å²) in [4.78, 5) is 37.5. The van der Waals surface area contributed by atoms with Crippen molar-refractivity contribution in [1.82, 2.24) is 0 Å². The third kappa shape index (κ3) is 3.42. The molecule has 1 aliphatic rings. The van der Waals surface area contributed by atoms with Crippen LogP contribution in [0.3, 0.4) is 0 Å². The molecule has 0 aliphatic carbocycles. The summed E-state index contributed by atoms with van der Waals surface area (Å²) in [6.45, 7) is 4.35. The fourth-order valence-electron chi connectivity index (χ4n) is 3.15. The largest absolute Gasteiger partial charge is 0.466 e. The van der Waals surface area contributed by atoms with Gasteiger partial charge in [-0.25, -0.2) is 4.79 Å². The summed E-state index contributed by atoms with van der Waals surface area (Å²) < 4.78 is 4.55. The molecule has 132 valence electrons. The van der Waals surface area contributed by atoms with E-state index in [4.69, 9.17) is 0 Å². The van der Waals surface area contributed by atoms with E-state index in [1.54, 1.807) is 24.3 Å². The summed E-state index contributed by atoms with van der Waals surface area (Å²) >= 11 is 0. The lowest BCUT2D eigenvalue weighted by atomic mass is 10.1. The van der Waals surface area contributed by atoms with Crippen LogP contribution in [0.5, 0.6) is 0 Å². The fourth-order valence-corrected chi connectivity index (χ4v) is 3.15. The number of fused-ring (bicyclic) bond motifs is 1. The number of carbonyl (C=O) groups excluding carboxylic acids is 3. The molecule has 0 saturated heterocycles. The zero-order valence-electron chi connectivity index (χ0n) is 14.9. The van der Waals surface area contributed by atoms with E-state index in [-0.39, 0.29) is 0 Å². The molecule has 0 bridgehead atoms. The smallest absolute Gasteiger partial charge is 0.330 e. The van der Waals surface area contributed by atoms with E-state index >= 15 is 0 Å². The second-order valence-electron chi connectivity index (χ2n) is 6.35. The van der Waals surface area contributed by atoms with Gasteiger partial charge in [0.05, 0.1) is 24.9 Å². The van der Waals surface area contributed by atoms with Crippen molar-refractivity contribution in [2.24, 2.45) is 0 Å². The highest BCUT2D eigenvalue weighted by Gasteiger charge is 2.35. The van der Waals surface area contributed by atoms with Crippen LogP contribution in [-0.2, 0) is 20.9 Å². The average Bonchev–Trinajstić information content (AvgIpc) is 2.83. The van der Waals surface area contributed by atoms with Gasteiger partial charge < -0.3 is 9.64 Å². The molecule has 1 heterocycles. The molecule has 0 spiro atoms. The number of nitrogens with zero attached hydrogens (tertiary/aromatic N) is 1. The Morgan fingerprint density at radius 1 is 1.08 bits per heavy atom. The van der Waals surface area contributed by atoms with Crippen molar-refractivity contribution in [3.63, 3.8) is 0 Å². The van der Waals surface area contributed by atoms with Gasteiger partial charge in [0.25, 0.3) is 11.7 Å². The molecule has 26 heavy (non-hydrogen) atoms. The second-order valence-corrected chi connectivity index (χ2v) is 6.35. The lowest BCUT2D eigenvalue weighted by Crippen LogP contribution is -2.29. The first-order valence-corrected chi connectivity index (χ1v) is 8.22. The lowest BCUT2D eigenvalue weighted by molar-refractivity contribution is -0.134. The molecule has 0 saturated carbocycles. The predicted octanol–water partition coefficient (Wildman–Crippen LogP) is 3.22. The van der Waals surface area contributed by atoms with Crippen LogP contribution in [-0.4, -0.2) is 24.8 Å². The Morgan fingerprint density at radius 2 is 1.77 bits per heavy atom. The van der Waals surface area contributed by atoms with E-state index in [2.05, 4.69) is 10.8 Å². The van der Waals surface area contributed by atoms with Gasteiger partial charge in [-0.3, -0.25) is 9.59 Å². The highest BCUT2D eigenvalue weighted by Crippen LogP contribution is 2.31. The first-order valence-electron chi connectivity index (χ1n) is 8.22. The summed E-state index contributed by atoms with van der Waals surface area (Å²) in [5, 5.41) is 0. The highest BCUT2D eigenvalue weighted by atomic mass is 16.5. The van der Waals surface area contributed by atoms with Crippen LogP contribution >= 0.6 is 0 Å². The van der Waals surface area contributed by atoms with Crippen molar-refractivity contribution in [2.75, 3.05) is 12.0 Å². The molecule has 5 nitrogen and oxygen atoms in total. The Morgan fingerprint density at radius 3 is 2.42 bits per heavy atom. The summed E-state index contributed by atoms with van der Waals surface area (Å²) in [6, 6.07) is 11.2. The molecule has 0 N–H and O–H groups in total. The van der Waals surface area contributed by atoms with E-state index in [0.29, 0.717) is 23.4 Å². The molecule has 0 aromatic heterocycles. The number of ether oxygens (including phenoxy) is 1. The summed E-state index contributed by atoms with van der Waals surface area (Å²) in [5.41, 5.74) is 4.80. The van der Waals surface area contributed by atoms with Crippen molar-refractivity contribution >= 4 is 29.4 Å². The standard InChI is InChI=1S/C21H19NO4/c1-13-8-14(2)10-16(9-13)12-22-18-6-4-15(5-7-19(23)26-3)11-17(18)20(24)21(22)25/h4-11H,12H2,1-3H3/b7-5+. The predicted molar refractivity (Wildman–Crippen MR) is 98.9 cm³/mol. The van der Waals surface area contributed by atoms with Gasteiger partial charge in [0.2, 0.25) is 0 Å². The summed E-state index contributed by atoms with van der Waals surface area (Å²) in [7, 11) is 1.29. The van der Waals surface area contributed by atoms with Crippen molar-refractivity contribution in [3.05, 3.63) is 70.3 Å². The lowest BCUT2D eigenvalue weighted by Gasteiger charge is -2.17. The van der Waals surface area contributed by atoms with Gasteiger partial charge in [0, 0.05) is 6.08 Å². The van der Waals surface area contributed by atoms with Crippen LogP contribution < -0.4 is 4.90 Å². The van der Waals surface area contributed by atoms with Crippen molar-refractivity contribution in [1.29, 1.82) is 0 Å². The number of anilines is 1. The SMILES string of the molecule is COC(=O)/C=C/c1ccc2c(c1)C(=O)C(=O)N2Cc1cc(C)cc(C)c1. The first-order chi connectivity index (χ1) is 12.4. The van der Waals surface area contributed by atoms with E-state index in [9.17, 15) is 14.4 Å². The quantitative estimate of drug-likeness (QED) is 0.483. The molecule has 2 aromatic carbocycles. The Hall–Kier alpha value is -3.21. The molecule has 2 aromatic rings. The number of ketones is 1. The molecule has 0 fully saturated rings. The number of hydrogen-bond donors (Lipinski definition) is 0. The third-order valence-electron chi connectivity index (χ3n) is 4.23. The number of aryl methyl sites for hydroxylation is 2.